The van der Waals surface area contributed by atoms with Crippen molar-refractivity contribution in [3.8, 4) is 5.75 Å². The predicted molar refractivity (Wildman–Crippen MR) is 105 cm³/mol. The molecule has 3 amide bonds. The molecule has 0 radical (unpaired) electrons. The molecule has 150 valence electrons. The molecule has 0 heterocycles. The van der Waals surface area contributed by atoms with Crippen LogP contribution in [0.25, 0.3) is 0 Å². The third-order valence-corrected chi connectivity index (χ3v) is 5.02. The van der Waals surface area contributed by atoms with Crippen LogP contribution >= 0.6 is 11.6 Å². The van der Waals surface area contributed by atoms with Gasteiger partial charge in [-0.3, -0.25) is 14.9 Å². The van der Waals surface area contributed by atoms with Crippen molar-refractivity contribution in [3.05, 3.63) is 54.1 Å². The number of methoxy groups -OCH3 is 1. The summed E-state index contributed by atoms with van der Waals surface area (Å²) >= 11 is 5.43. The normalized spacial score (nSPS) is 10.6. The van der Waals surface area contributed by atoms with Gasteiger partial charge in [0, 0.05) is 18.0 Å². The van der Waals surface area contributed by atoms with Gasteiger partial charge in [0.1, 0.15) is 5.75 Å². The molecule has 0 saturated heterocycles. The Labute approximate surface area is 167 Å². The molecule has 0 fully saturated rings. The average molecular weight is 427 g/mol. The van der Waals surface area contributed by atoms with Crippen LogP contribution in [0, 0.1) is 0 Å². The fourth-order valence-electron chi connectivity index (χ4n) is 2.11. The lowest BCUT2D eigenvalue weighted by Crippen LogP contribution is -2.47. The van der Waals surface area contributed by atoms with Gasteiger partial charge in [-0.2, -0.15) is 0 Å². The highest BCUT2D eigenvalue weighted by molar-refractivity contribution is 7.92. The van der Waals surface area contributed by atoms with Crippen molar-refractivity contribution in [3.63, 3.8) is 0 Å². The van der Waals surface area contributed by atoms with E-state index in [1.165, 1.54) is 31.4 Å². The summed E-state index contributed by atoms with van der Waals surface area (Å²) in [6.45, 7) is 0.245. The second kappa shape index (κ2) is 9.81. The van der Waals surface area contributed by atoms with Crippen molar-refractivity contribution in [2.75, 3.05) is 24.3 Å². The average Bonchev–Trinajstić information content (AvgIpc) is 2.70. The van der Waals surface area contributed by atoms with Gasteiger partial charge in [-0.15, -0.1) is 11.6 Å². The molecule has 0 aliphatic heterocycles. The minimum absolute atomic E-state index is 0.0391. The number of hydrogen-bond donors (Lipinski definition) is 4. The van der Waals surface area contributed by atoms with Crippen LogP contribution in [0.3, 0.4) is 0 Å². The summed E-state index contributed by atoms with van der Waals surface area (Å²) in [7, 11) is -2.44. The Hall–Kier alpha value is -2.98. The molecule has 0 bridgehead atoms. The van der Waals surface area contributed by atoms with Crippen molar-refractivity contribution in [2.24, 2.45) is 0 Å². The molecule has 0 aromatic heterocycles. The van der Waals surface area contributed by atoms with Crippen LogP contribution in [-0.4, -0.2) is 39.9 Å². The second-order valence-corrected chi connectivity index (χ2v) is 7.41. The van der Waals surface area contributed by atoms with Gasteiger partial charge in [0.2, 0.25) is 0 Å². The summed E-state index contributed by atoms with van der Waals surface area (Å²) in [4.78, 5) is 23.3. The largest absolute Gasteiger partial charge is 0.495 e. The number of anilines is 1. The first-order valence-corrected chi connectivity index (χ1v) is 10.0. The molecule has 2 aromatic carbocycles. The van der Waals surface area contributed by atoms with E-state index in [0.717, 1.165) is 0 Å². The number of nitrogens with one attached hydrogen (secondary N) is 4. The molecule has 4 N–H and O–H groups in total. The number of halogens is 1. The minimum Gasteiger partial charge on any atom is -0.495 e. The van der Waals surface area contributed by atoms with E-state index < -0.39 is 22.0 Å². The van der Waals surface area contributed by atoms with Crippen LogP contribution in [0.2, 0.25) is 0 Å². The van der Waals surface area contributed by atoms with E-state index in [1.807, 2.05) is 0 Å². The van der Waals surface area contributed by atoms with E-state index in [1.54, 1.807) is 24.3 Å². The van der Waals surface area contributed by atoms with Crippen LogP contribution in [0.5, 0.6) is 5.75 Å². The minimum atomic E-state index is -3.88. The first-order chi connectivity index (χ1) is 13.4. The third kappa shape index (κ3) is 5.76. The molecule has 0 aliphatic rings. The van der Waals surface area contributed by atoms with Crippen molar-refractivity contribution in [2.45, 2.75) is 4.90 Å². The molecule has 9 nitrogen and oxygen atoms in total. The maximum absolute atomic E-state index is 12.5. The lowest BCUT2D eigenvalue weighted by Gasteiger charge is -2.12. The molecule has 0 aliphatic carbocycles. The topological polar surface area (TPSA) is 126 Å². The summed E-state index contributed by atoms with van der Waals surface area (Å²) in [5, 5.41) is 2.41. The van der Waals surface area contributed by atoms with Crippen LogP contribution in [0.4, 0.5) is 10.5 Å². The number of urea groups is 1. The number of carbonyl (C=O) groups is 2. The van der Waals surface area contributed by atoms with E-state index in [-0.39, 0.29) is 22.9 Å². The number of para-hydroxylation sites is 2. The number of hydrazine groups is 1. The van der Waals surface area contributed by atoms with Crippen LogP contribution < -0.4 is 25.6 Å². The molecular weight excluding hydrogens is 408 g/mol. The van der Waals surface area contributed by atoms with Crippen LogP contribution in [-0.2, 0) is 10.0 Å². The first kappa shape index (κ1) is 21.3. The maximum atomic E-state index is 12.5. The Morgan fingerprint density at radius 2 is 1.71 bits per heavy atom. The Morgan fingerprint density at radius 3 is 2.36 bits per heavy atom. The van der Waals surface area contributed by atoms with Gasteiger partial charge in [0.05, 0.1) is 17.7 Å². The van der Waals surface area contributed by atoms with Gasteiger partial charge in [0.25, 0.3) is 15.9 Å². The Bertz CT molecular complexity index is 935. The number of rotatable bonds is 7. The zero-order valence-electron chi connectivity index (χ0n) is 14.9. The SMILES string of the molecule is COc1ccccc1NS(=O)(=O)c1ccc(C(=O)NNC(=O)NCCCl)cc1. The van der Waals surface area contributed by atoms with Gasteiger partial charge in [-0.05, 0) is 36.4 Å². The van der Waals surface area contributed by atoms with Crippen molar-refractivity contribution >= 4 is 39.2 Å². The highest BCUT2D eigenvalue weighted by atomic mass is 35.5. The van der Waals surface area contributed by atoms with Crippen molar-refractivity contribution < 1.29 is 22.7 Å². The molecule has 2 rings (SSSR count). The predicted octanol–water partition coefficient (Wildman–Crippen LogP) is 1.68. The molecule has 0 atom stereocenters. The Balaban J connectivity index is 2.04. The van der Waals surface area contributed by atoms with E-state index >= 15 is 0 Å². The van der Waals surface area contributed by atoms with Crippen LogP contribution in [0.15, 0.2) is 53.4 Å². The number of ether oxygens (including phenoxy) is 1. The third-order valence-electron chi connectivity index (χ3n) is 3.45. The number of benzene rings is 2. The quantitative estimate of drug-likeness (QED) is 0.396. The summed E-state index contributed by atoms with van der Waals surface area (Å²) in [5.41, 5.74) is 4.80. The van der Waals surface area contributed by atoms with E-state index in [0.29, 0.717) is 11.4 Å². The number of alkyl halides is 1. The number of carbonyl (C=O) groups excluding carboxylic acids is 2. The number of sulfonamides is 1. The monoisotopic (exact) mass is 426 g/mol. The van der Waals surface area contributed by atoms with Gasteiger partial charge in [-0.1, -0.05) is 12.1 Å². The molecule has 2 aromatic rings. The first-order valence-electron chi connectivity index (χ1n) is 8.03. The Morgan fingerprint density at radius 1 is 1.04 bits per heavy atom. The fourth-order valence-corrected chi connectivity index (χ4v) is 3.27. The highest BCUT2D eigenvalue weighted by Gasteiger charge is 2.17. The lowest BCUT2D eigenvalue weighted by molar-refractivity contribution is 0.0936. The zero-order valence-corrected chi connectivity index (χ0v) is 16.4. The molecular formula is C17H19ClN4O5S. The van der Waals surface area contributed by atoms with Gasteiger partial charge in [0.15, 0.2) is 0 Å². The van der Waals surface area contributed by atoms with Crippen LogP contribution in [0.1, 0.15) is 10.4 Å². The van der Waals surface area contributed by atoms with Gasteiger partial charge >= 0.3 is 6.03 Å². The lowest BCUT2D eigenvalue weighted by atomic mass is 10.2. The van der Waals surface area contributed by atoms with Gasteiger partial charge < -0.3 is 10.1 Å². The summed E-state index contributed by atoms with van der Waals surface area (Å²) in [5.74, 6) is 0.00320. The summed E-state index contributed by atoms with van der Waals surface area (Å²) in [6.07, 6.45) is 0. The van der Waals surface area contributed by atoms with E-state index in [4.69, 9.17) is 16.3 Å². The fraction of sp³-hybridized carbons (Fsp3) is 0.176. The highest BCUT2D eigenvalue weighted by Crippen LogP contribution is 2.26. The smallest absolute Gasteiger partial charge is 0.333 e. The standard InChI is InChI=1S/C17H19ClN4O5S/c1-27-15-5-3-2-4-14(15)22-28(25,26)13-8-6-12(7-9-13)16(23)20-21-17(24)19-11-10-18/h2-9,22H,10-11H2,1H3,(H,20,23)(H2,19,21,24). The van der Waals surface area contributed by atoms with E-state index in [9.17, 15) is 18.0 Å². The number of amides is 3. The molecule has 11 heteroatoms. The number of hydrogen-bond acceptors (Lipinski definition) is 5. The molecule has 28 heavy (non-hydrogen) atoms. The summed E-state index contributed by atoms with van der Waals surface area (Å²) in [6, 6.07) is 11.2. The molecule has 0 unspecified atom stereocenters. The van der Waals surface area contributed by atoms with E-state index in [2.05, 4.69) is 20.9 Å². The second-order valence-electron chi connectivity index (χ2n) is 5.35. The van der Waals surface area contributed by atoms with Crippen molar-refractivity contribution in [1.82, 2.24) is 16.2 Å². The zero-order chi connectivity index (χ0) is 20.6. The Kier molecular flexibility index (Phi) is 7.47. The molecule has 0 saturated carbocycles. The van der Waals surface area contributed by atoms with Gasteiger partial charge in [-0.25, -0.2) is 18.6 Å². The van der Waals surface area contributed by atoms with Crippen molar-refractivity contribution in [1.29, 1.82) is 0 Å². The maximum Gasteiger partial charge on any atom is 0.333 e. The molecule has 0 spiro atoms. The summed E-state index contributed by atoms with van der Waals surface area (Å²) < 4.78 is 32.6.